The van der Waals surface area contributed by atoms with Crippen LogP contribution in [0.25, 0.3) is 0 Å². The fraction of sp³-hybridized carbons (Fsp3) is 0. The number of nitro groups is 1. The number of aromatic nitrogens is 1. The van der Waals surface area contributed by atoms with Crippen LogP contribution in [0.4, 0.5) is 11.5 Å². The van der Waals surface area contributed by atoms with Gasteiger partial charge in [0.1, 0.15) is 4.51 Å². The minimum Gasteiger partial charge on any atom is -0.379 e. The van der Waals surface area contributed by atoms with Crippen molar-refractivity contribution in [1.82, 2.24) is 4.98 Å². The van der Waals surface area contributed by atoms with E-state index >= 15 is 0 Å². The molecule has 0 aliphatic heterocycles. The number of hydrogen-bond donors (Lipinski definition) is 2. The van der Waals surface area contributed by atoms with Crippen LogP contribution in [0.3, 0.4) is 0 Å². The molecule has 0 atom stereocenters. The Kier molecular flexibility index (Phi) is 1.86. The third-order valence-electron chi connectivity index (χ3n) is 1.14. The van der Waals surface area contributed by atoms with Crippen molar-refractivity contribution >= 4 is 23.7 Å². The smallest absolute Gasteiger partial charge is 0.326 e. The molecule has 0 unspecified atom stereocenters. The molecule has 0 aliphatic rings. The average molecular weight is 171 g/mol. The van der Waals surface area contributed by atoms with Crippen molar-refractivity contribution < 1.29 is 4.92 Å². The van der Waals surface area contributed by atoms with Crippen LogP contribution in [0.1, 0.15) is 0 Å². The van der Waals surface area contributed by atoms with Crippen LogP contribution in [-0.2, 0) is 0 Å². The number of nitrogens with zero attached hydrogens (tertiary/aromatic N) is 1. The summed E-state index contributed by atoms with van der Waals surface area (Å²) in [5, 5.41) is 10.3. The summed E-state index contributed by atoms with van der Waals surface area (Å²) < 4.78 is 0.145. The summed E-state index contributed by atoms with van der Waals surface area (Å²) in [6.45, 7) is 0. The summed E-state index contributed by atoms with van der Waals surface area (Å²) in [7, 11) is 0. The van der Waals surface area contributed by atoms with Crippen molar-refractivity contribution in [2.75, 3.05) is 5.73 Å². The molecule has 0 amide bonds. The van der Waals surface area contributed by atoms with E-state index in [1.165, 1.54) is 12.3 Å². The highest BCUT2D eigenvalue weighted by Gasteiger charge is 2.12. The summed E-state index contributed by atoms with van der Waals surface area (Å²) in [6, 6.07) is 1.42. The number of aromatic amines is 1. The quantitative estimate of drug-likeness (QED) is 0.378. The fourth-order valence-electron chi connectivity index (χ4n) is 0.675. The number of nitrogen functional groups attached to an aromatic ring is 1. The largest absolute Gasteiger partial charge is 0.379 e. The molecule has 1 aromatic rings. The molecule has 11 heavy (non-hydrogen) atoms. The number of anilines is 1. The molecule has 0 radical (unpaired) electrons. The summed E-state index contributed by atoms with van der Waals surface area (Å²) in [5.74, 6) is -0.0116. The Balaban J connectivity index is 3.45. The summed E-state index contributed by atoms with van der Waals surface area (Å²) in [4.78, 5) is 12.2. The van der Waals surface area contributed by atoms with Gasteiger partial charge >= 0.3 is 5.69 Å². The third kappa shape index (κ3) is 1.35. The number of H-pyrrole nitrogens is 1. The molecular formula is C5H5N3O2S. The van der Waals surface area contributed by atoms with Crippen LogP contribution in [0.5, 0.6) is 0 Å². The molecule has 5 nitrogen and oxygen atoms in total. The molecule has 1 aromatic heterocycles. The second-order valence-electron chi connectivity index (χ2n) is 1.86. The molecule has 1 rings (SSSR count). The molecule has 1 heterocycles. The van der Waals surface area contributed by atoms with Gasteiger partial charge in [-0.2, -0.15) is 0 Å². The van der Waals surface area contributed by atoms with Gasteiger partial charge in [0.15, 0.2) is 5.82 Å². The van der Waals surface area contributed by atoms with Crippen LogP contribution in [0.2, 0.25) is 0 Å². The first-order valence-corrected chi connectivity index (χ1v) is 3.15. The van der Waals surface area contributed by atoms with E-state index < -0.39 is 4.92 Å². The zero-order valence-electron chi connectivity index (χ0n) is 5.40. The van der Waals surface area contributed by atoms with Crippen molar-refractivity contribution in [2.24, 2.45) is 0 Å². The zero-order chi connectivity index (χ0) is 8.43. The van der Waals surface area contributed by atoms with Crippen molar-refractivity contribution in [3.8, 4) is 0 Å². The lowest BCUT2D eigenvalue weighted by Gasteiger charge is -1.94. The van der Waals surface area contributed by atoms with Crippen molar-refractivity contribution in [1.29, 1.82) is 0 Å². The Labute approximate surface area is 67.0 Å². The number of nitrogens with two attached hydrogens (primary N) is 1. The van der Waals surface area contributed by atoms with Crippen molar-refractivity contribution in [2.45, 2.75) is 0 Å². The molecule has 0 aliphatic carbocycles. The number of rotatable bonds is 1. The number of hydrogen-bond acceptors (Lipinski definition) is 4. The maximum absolute atomic E-state index is 10.3. The van der Waals surface area contributed by atoms with E-state index in [0.29, 0.717) is 0 Å². The van der Waals surface area contributed by atoms with Gasteiger partial charge in [-0.05, 0) is 6.07 Å². The molecule has 3 N–H and O–H groups in total. The average Bonchev–Trinajstić information content (AvgIpc) is 1.85. The summed E-state index contributed by atoms with van der Waals surface area (Å²) >= 11 is 4.67. The van der Waals surface area contributed by atoms with Crippen molar-refractivity contribution in [3.05, 3.63) is 26.9 Å². The first-order chi connectivity index (χ1) is 5.13. The standard InChI is InChI=1S/C5H5N3O2S/c6-5-4(8(9)10)3(11)1-2-7-5/h1-2H,(H3,6,7,11). The first-order valence-electron chi connectivity index (χ1n) is 2.74. The third-order valence-corrected chi connectivity index (χ3v) is 1.47. The van der Waals surface area contributed by atoms with Crippen LogP contribution < -0.4 is 5.73 Å². The maximum atomic E-state index is 10.3. The molecule has 0 spiro atoms. The first kappa shape index (κ1) is 7.67. The van der Waals surface area contributed by atoms with Crippen LogP contribution in [0, 0.1) is 14.6 Å². The highest BCUT2D eigenvalue weighted by molar-refractivity contribution is 7.71. The maximum Gasteiger partial charge on any atom is 0.326 e. The lowest BCUT2D eigenvalue weighted by atomic mass is 10.4. The Morgan fingerprint density at radius 1 is 1.73 bits per heavy atom. The van der Waals surface area contributed by atoms with E-state index in [1.807, 2.05) is 0 Å². The van der Waals surface area contributed by atoms with Gasteiger partial charge in [0, 0.05) is 6.20 Å². The van der Waals surface area contributed by atoms with E-state index in [-0.39, 0.29) is 16.0 Å². The second kappa shape index (κ2) is 2.67. The van der Waals surface area contributed by atoms with Crippen molar-refractivity contribution in [3.63, 3.8) is 0 Å². The zero-order valence-corrected chi connectivity index (χ0v) is 6.22. The molecule has 58 valence electrons. The van der Waals surface area contributed by atoms with Gasteiger partial charge in [-0.3, -0.25) is 10.1 Å². The van der Waals surface area contributed by atoms with Crippen LogP contribution >= 0.6 is 12.2 Å². The Morgan fingerprint density at radius 3 is 2.73 bits per heavy atom. The second-order valence-corrected chi connectivity index (χ2v) is 2.30. The van der Waals surface area contributed by atoms with Gasteiger partial charge in [0.2, 0.25) is 0 Å². The Bertz CT molecular complexity index is 346. The lowest BCUT2D eigenvalue weighted by molar-refractivity contribution is -0.384. The minimum absolute atomic E-state index is 0.0116. The summed E-state index contributed by atoms with van der Waals surface area (Å²) in [5.41, 5.74) is 5.02. The predicted molar refractivity (Wildman–Crippen MR) is 42.7 cm³/mol. The molecule has 6 heteroatoms. The SMILES string of the molecule is Nc1[nH]ccc(=S)c1[N+](=O)[O-]. The predicted octanol–water partition coefficient (Wildman–Crippen LogP) is 1.23. The van der Waals surface area contributed by atoms with E-state index in [4.69, 9.17) is 5.73 Å². The van der Waals surface area contributed by atoms with Gasteiger partial charge in [0.25, 0.3) is 0 Å². The topological polar surface area (TPSA) is 85.0 Å². The lowest BCUT2D eigenvalue weighted by Crippen LogP contribution is -1.98. The molecular weight excluding hydrogens is 166 g/mol. The van der Waals surface area contributed by atoms with E-state index in [9.17, 15) is 10.1 Å². The molecule has 0 saturated heterocycles. The van der Waals surface area contributed by atoms with E-state index in [2.05, 4.69) is 17.2 Å². The van der Waals surface area contributed by atoms with Gasteiger partial charge in [0.05, 0.1) is 4.92 Å². The summed E-state index contributed by atoms with van der Waals surface area (Å²) in [6.07, 6.45) is 1.46. The minimum atomic E-state index is -0.603. The normalized spacial score (nSPS) is 9.45. The Hall–Kier alpha value is -1.43. The van der Waals surface area contributed by atoms with Gasteiger partial charge < -0.3 is 10.7 Å². The van der Waals surface area contributed by atoms with Gasteiger partial charge in [-0.1, -0.05) is 12.2 Å². The van der Waals surface area contributed by atoms with E-state index in [0.717, 1.165) is 0 Å². The molecule has 0 aromatic carbocycles. The molecule has 0 bridgehead atoms. The van der Waals surface area contributed by atoms with Crippen LogP contribution in [0.15, 0.2) is 12.3 Å². The fourth-order valence-corrected chi connectivity index (χ4v) is 0.928. The number of pyridine rings is 1. The van der Waals surface area contributed by atoms with Gasteiger partial charge in [-0.25, -0.2) is 0 Å². The van der Waals surface area contributed by atoms with Gasteiger partial charge in [-0.15, -0.1) is 0 Å². The van der Waals surface area contributed by atoms with Crippen LogP contribution in [-0.4, -0.2) is 9.91 Å². The molecule has 0 saturated carbocycles. The number of nitrogens with one attached hydrogen (secondary N) is 1. The highest BCUT2D eigenvalue weighted by atomic mass is 32.1. The highest BCUT2D eigenvalue weighted by Crippen LogP contribution is 2.18. The Morgan fingerprint density at radius 2 is 2.36 bits per heavy atom. The monoisotopic (exact) mass is 171 g/mol. The molecule has 0 fully saturated rings. The van der Waals surface area contributed by atoms with E-state index in [1.54, 1.807) is 0 Å².